The molecule has 0 aliphatic carbocycles. The largest absolute Gasteiger partial charge is 0.454 e. The molecule has 0 radical (unpaired) electrons. The molecule has 24 heavy (non-hydrogen) atoms. The first-order chi connectivity index (χ1) is 11.6. The van der Waals surface area contributed by atoms with Crippen molar-refractivity contribution in [3.8, 4) is 17.6 Å². The van der Waals surface area contributed by atoms with Gasteiger partial charge in [0.2, 0.25) is 0 Å². The number of halogens is 1. The maximum atomic E-state index is 9.33. The highest BCUT2D eigenvalue weighted by Gasteiger charge is 2.11. The lowest BCUT2D eigenvalue weighted by molar-refractivity contribution is 0.480. The summed E-state index contributed by atoms with van der Waals surface area (Å²) in [5.74, 6) is 1.05. The van der Waals surface area contributed by atoms with Crippen molar-refractivity contribution in [2.24, 2.45) is 0 Å². The van der Waals surface area contributed by atoms with E-state index in [9.17, 15) is 5.26 Å². The van der Waals surface area contributed by atoms with Gasteiger partial charge >= 0.3 is 0 Å². The van der Waals surface area contributed by atoms with Crippen LogP contribution in [0.4, 0.5) is 0 Å². The van der Waals surface area contributed by atoms with E-state index in [0.29, 0.717) is 28.6 Å². The molecule has 5 heteroatoms. The first-order valence-corrected chi connectivity index (χ1v) is 7.88. The normalized spacial score (nSPS) is 10.4. The summed E-state index contributed by atoms with van der Waals surface area (Å²) >= 11 is 6.28. The molecule has 0 spiro atoms. The van der Waals surface area contributed by atoms with Crippen LogP contribution in [-0.4, -0.2) is 9.55 Å². The zero-order valence-electron chi connectivity index (χ0n) is 13.5. The van der Waals surface area contributed by atoms with E-state index in [0.717, 1.165) is 16.7 Å². The fourth-order valence-corrected chi connectivity index (χ4v) is 2.64. The summed E-state index contributed by atoms with van der Waals surface area (Å²) in [4.78, 5) is 4.03. The number of imidazole rings is 1. The number of ether oxygens (including phenoxy) is 1. The molecule has 1 heterocycles. The average Bonchev–Trinajstić information content (AvgIpc) is 3.06. The molecule has 0 aliphatic heterocycles. The van der Waals surface area contributed by atoms with Crippen molar-refractivity contribution in [1.29, 1.82) is 5.26 Å². The summed E-state index contributed by atoms with van der Waals surface area (Å²) < 4.78 is 7.90. The van der Waals surface area contributed by atoms with Gasteiger partial charge in [0.05, 0.1) is 16.9 Å². The Balaban J connectivity index is 1.94. The van der Waals surface area contributed by atoms with Gasteiger partial charge < -0.3 is 9.30 Å². The number of aryl methyl sites for hydroxylation is 2. The second kappa shape index (κ2) is 6.77. The fourth-order valence-electron chi connectivity index (χ4n) is 2.38. The minimum Gasteiger partial charge on any atom is -0.454 e. The van der Waals surface area contributed by atoms with Gasteiger partial charge in [-0.15, -0.1) is 0 Å². The third-order valence-corrected chi connectivity index (χ3v) is 4.15. The van der Waals surface area contributed by atoms with Gasteiger partial charge in [-0.3, -0.25) is 0 Å². The lowest BCUT2D eigenvalue weighted by atomic mass is 10.1. The SMILES string of the molecule is Cc1cc(Cl)c(Oc2cc(Cn3ccnc3)ccc2C#N)cc1C. The van der Waals surface area contributed by atoms with Crippen molar-refractivity contribution in [1.82, 2.24) is 9.55 Å². The minimum atomic E-state index is 0.471. The smallest absolute Gasteiger partial charge is 0.146 e. The molecule has 0 bridgehead atoms. The summed E-state index contributed by atoms with van der Waals surface area (Å²) in [6.45, 7) is 4.65. The number of nitriles is 1. The number of benzene rings is 2. The second-order valence-electron chi connectivity index (χ2n) is 5.65. The van der Waals surface area contributed by atoms with E-state index in [4.69, 9.17) is 16.3 Å². The van der Waals surface area contributed by atoms with Gasteiger partial charge in [0.1, 0.15) is 17.6 Å². The van der Waals surface area contributed by atoms with E-state index < -0.39 is 0 Å². The summed E-state index contributed by atoms with van der Waals surface area (Å²) in [7, 11) is 0. The highest BCUT2D eigenvalue weighted by atomic mass is 35.5. The summed E-state index contributed by atoms with van der Waals surface area (Å²) in [5, 5.41) is 9.86. The van der Waals surface area contributed by atoms with E-state index in [1.165, 1.54) is 0 Å². The Labute approximate surface area is 145 Å². The zero-order chi connectivity index (χ0) is 17.1. The number of hydrogen-bond donors (Lipinski definition) is 0. The van der Waals surface area contributed by atoms with E-state index in [2.05, 4.69) is 11.1 Å². The molecule has 0 atom stereocenters. The molecule has 0 saturated carbocycles. The molecule has 0 amide bonds. The number of rotatable bonds is 4. The summed E-state index contributed by atoms with van der Waals surface area (Å²) in [6.07, 6.45) is 5.37. The summed E-state index contributed by atoms with van der Waals surface area (Å²) in [6, 6.07) is 11.5. The molecule has 0 N–H and O–H groups in total. The Morgan fingerprint density at radius 1 is 1.17 bits per heavy atom. The highest BCUT2D eigenvalue weighted by molar-refractivity contribution is 6.32. The van der Waals surface area contributed by atoms with Crippen molar-refractivity contribution >= 4 is 11.6 Å². The maximum Gasteiger partial charge on any atom is 0.146 e. The van der Waals surface area contributed by atoms with Crippen LogP contribution in [0.3, 0.4) is 0 Å². The Bertz CT molecular complexity index is 911. The Kier molecular flexibility index (Phi) is 4.54. The van der Waals surface area contributed by atoms with E-state index in [-0.39, 0.29) is 0 Å². The number of nitrogens with zero attached hydrogens (tertiary/aromatic N) is 3. The fraction of sp³-hybridized carbons (Fsp3) is 0.158. The Morgan fingerprint density at radius 3 is 2.67 bits per heavy atom. The number of aromatic nitrogens is 2. The molecule has 4 nitrogen and oxygen atoms in total. The predicted octanol–water partition coefficient (Wildman–Crippen LogP) is 4.87. The van der Waals surface area contributed by atoms with Crippen molar-refractivity contribution < 1.29 is 4.74 Å². The van der Waals surface area contributed by atoms with Crippen LogP contribution in [-0.2, 0) is 6.54 Å². The van der Waals surface area contributed by atoms with Gasteiger partial charge in [0.15, 0.2) is 0 Å². The Morgan fingerprint density at radius 2 is 1.96 bits per heavy atom. The summed E-state index contributed by atoms with van der Waals surface area (Å²) in [5.41, 5.74) is 3.67. The lowest BCUT2D eigenvalue weighted by Gasteiger charge is -2.13. The minimum absolute atomic E-state index is 0.471. The van der Waals surface area contributed by atoms with Gasteiger partial charge in [-0.05, 0) is 54.8 Å². The van der Waals surface area contributed by atoms with Gasteiger partial charge in [0.25, 0.3) is 0 Å². The van der Waals surface area contributed by atoms with Crippen LogP contribution in [0.25, 0.3) is 0 Å². The molecular weight excluding hydrogens is 322 g/mol. The molecule has 1 aromatic heterocycles. The van der Waals surface area contributed by atoms with E-state index in [1.54, 1.807) is 18.6 Å². The third-order valence-electron chi connectivity index (χ3n) is 3.86. The van der Waals surface area contributed by atoms with Crippen molar-refractivity contribution in [2.75, 3.05) is 0 Å². The van der Waals surface area contributed by atoms with E-state index in [1.807, 2.05) is 48.9 Å². The van der Waals surface area contributed by atoms with Crippen LogP contribution in [0.15, 0.2) is 49.1 Å². The molecule has 0 saturated heterocycles. The topological polar surface area (TPSA) is 50.8 Å². The Hall–Kier alpha value is -2.77. The van der Waals surface area contributed by atoms with Gasteiger partial charge in [-0.1, -0.05) is 17.7 Å². The van der Waals surface area contributed by atoms with Crippen LogP contribution in [0.1, 0.15) is 22.3 Å². The standard InChI is InChI=1S/C19H16ClN3O/c1-13-7-17(20)19(8-14(13)2)24-18-9-15(3-4-16(18)10-21)11-23-6-5-22-12-23/h3-9,12H,11H2,1-2H3. The highest BCUT2D eigenvalue weighted by Crippen LogP contribution is 2.33. The molecule has 0 aliphatic rings. The zero-order valence-corrected chi connectivity index (χ0v) is 14.2. The lowest BCUT2D eigenvalue weighted by Crippen LogP contribution is -1.98. The first-order valence-electron chi connectivity index (χ1n) is 7.50. The van der Waals surface area contributed by atoms with Gasteiger partial charge in [-0.2, -0.15) is 5.26 Å². The van der Waals surface area contributed by atoms with Crippen LogP contribution in [0.2, 0.25) is 5.02 Å². The molecule has 3 aromatic rings. The number of hydrogen-bond acceptors (Lipinski definition) is 3. The second-order valence-corrected chi connectivity index (χ2v) is 6.05. The van der Waals surface area contributed by atoms with Gasteiger partial charge in [-0.25, -0.2) is 4.98 Å². The first kappa shape index (κ1) is 16.1. The molecular formula is C19H16ClN3O. The predicted molar refractivity (Wildman–Crippen MR) is 93.5 cm³/mol. The quantitative estimate of drug-likeness (QED) is 0.682. The van der Waals surface area contributed by atoms with Crippen LogP contribution in [0, 0.1) is 25.2 Å². The average molecular weight is 338 g/mol. The monoisotopic (exact) mass is 337 g/mol. The van der Waals surface area contributed by atoms with Crippen LogP contribution < -0.4 is 4.74 Å². The van der Waals surface area contributed by atoms with Crippen molar-refractivity contribution in [3.63, 3.8) is 0 Å². The molecule has 0 fully saturated rings. The van der Waals surface area contributed by atoms with Crippen molar-refractivity contribution in [2.45, 2.75) is 20.4 Å². The molecule has 0 unspecified atom stereocenters. The van der Waals surface area contributed by atoms with Crippen LogP contribution in [0.5, 0.6) is 11.5 Å². The molecule has 3 rings (SSSR count). The molecule has 120 valence electrons. The molecule has 2 aromatic carbocycles. The van der Waals surface area contributed by atoms with Gasteiger partial charge in [0, 0.05) is 18.9 Å². The third kappa shape index (κ3) is 3.42. The van der Waals surface area contributed by atoms with Crippen molar-refractivity contribution in [3.05, 3.63) is 76.3 Å². The van der Waals surface area contributed by atoms with E-state index >= 15 is 0 Å². The van der Waals surface area contributed by atoms with Crippen LogP contribution >= 0.6 is 11.6 Å². The maximum absolute atomic E-state index is 9.33.